The molecule has 1 saturated heterocycles. The first-order chi connectivity index (χ1) is 9.71. The number of nitrogens with zero attached hydrogens (tertiary/aromatic N) is 2. The van der Waals surface area contributed by atoms with Crippen molar-refractivity contribution in [1.82, 2.24) is 9.80 Å². The van der Waals surface area contributed by atoms with Crippen LogP contribution in [0, 0.1) is 5.92 Å². The highest BCUT2D eigenvalue weighted by Gasteiger charge is 2.27. The first-order valence-electron chi connectivity index (χ1n) is 7.44. The van der Waals surface area contributed by atoms with Crippen LogP contribution in [0.3, 0.4) is 0 Å². The van der Waals surface area contributed by atoms with Crippen molar-refractivity contribution in [2.45, 2.75) is 39.2 Å². The van der Waals surface area contributed by atoms with E-state index in [2.05, 4.69) is 4.74 Å². The summed E-state index contributed by atoms with van der Waals surface area (Å²) in [6, 6.07) is 0. The summed E-state index contributed by atoms with van der Waals surface area (Å²) in [7, 11) is 3.31. The molecule has 1 fully saturated rings. The smallest absolute Gasteiger partial charge is 0.410 e. The van der Waals surface area contributed by atoms with Crippen molar-refractivity contribution < 1.29 is 19.1 Å². The number of carbonyl (C=O) groups is 2. The molecule has 6 nitrogen and oxygen atoms in total. The summed E-state index contributed by atoms with van der Waals surface area (Å²) in [6.07, 6.45) is 1.64. The molecule has 1 heterocycles. The van der Waals surface area contributed by atoms with Crippen LogP contribution in [0.15, 0.2) is 0 Å². The Morgan fingerprint density at radius 2 is 1.81 bits per heavy atom. The van der Waals surface area contributed by atoms with E-state index in [1.807, 2.05) is 32.7 Å². The number of likely N-dealkylation sites (tertiary alicyclic amines) is 1. The van der Waals surface area contributed by atoms with Crippen molar-refractivity contribution in [1.29, 1.82) is 0 Å². The molecule has 0 saturated carbocycles. The zero-order chi connectivity index (χ0) is 16.0. The minimum Gasteiger partial charge on any atom is -0.468 e. The predicted octanol–water partition coefficient (Wildman–Crippen LogP) is 1.74. The molecule has 0 atom stereocenters. The van der Waals surface area contributed by atoms with Gasteiger partial charge in [0.15, 0.2) is 0 Å². The number of hydrogen-bond acceptors (Lipinski definition) is 5. The number of hydrogen-bond donors (Lipinski definition) is 0. The molecule has 0 aromatic rings. The van der Waals surface area contributed by atoms with E-state index >= 15 is 0 Å². The van der Waals surface area contributed by atoms with E-state index < -0.39 is 5.60 Å². The molecule has 0 aromatic carbocycles. The number of likely N-dealkylation sites (N-methyl/N-ethyl adjacent to an activating group) is 1. The van der Waals surface area contributed by atoms with Gasteiger partial charge in [-0.25, -0.2) is 4.79 Å². The van der Waals surface area contributed by atoms with Gasteiger partial charge in [-0.05, 0) is 46.6 Å². The Labute approximate surface area is 127 Å². The molecule has 122 valence electrons. The third kappa shape index (κ3) is 6.80. The molecule has 0 bridgehead atoms. The highest BCUT2D eigenvalue weighted by Crippen LogP contribution is 2.20. The fourth-order valence-corrected chi connectivity index (χ4v) is 2.41. The molecule has 0 spiro atoms. The van der Waals surface area contributed by atoms with Crippen LogP contribution in [0.5, 0.6) is 0 Å². The van der Waals surface area contributed by atoms with Crippen LogP contribution in [-0.4, -0.2) is 67.8 Å². The van der Waals surface area contributed by atoms with Crippen LogP contribution < -0.4 is 0 Å². The highest BCUT2D eigenvalue weighted by molar-refractivity contribution is 5.71. The normalized spacial score (nSPS) is 17.0. The third-order valence-electron chi connectivity index (χ3n) is 3.46. The maximum Gasteiger partial charge on any atom is 0.410 e. The van der Waals surface area contributed by atoms with Crippen molar-refractivity contribution in [3.05, 3.63) is 0 Å². The maximum atomic E-state index is 12.0. The summed E-state index contributed by atoms with van der Waals surface area (Å²) in [6.45, 7) is 8.20. The zero-order valence-corrected chi connectivity index (χ0v) is 13.8. The number of amides is 1. The molecule has 1 aliphatic heterocycles. The lowest BCUT2D eigenvalue weighted by Crippen LogP contribution is -2.43. The Hall–Kier alpha value is -1.30. The number of methoxy groups -OCH3 is 1. The molecule has 0 radical (unpaired) electrons. The Kier molecular flexibility index (Phi) is 6.45. The van der Waals surface area contributed by atoms with Gasteiger partial charge in [0, 0.05) is 19.6 Å². The van der Waals surface area contributed by atoms with Gasteiger partial charge < -0.3 is 14.4 Å². The Bertz CT molecular complexity index is 357. The number of piperidine rings is 1. The predicted molar refractivity (Wildman–Crippen MR) is 80.0 cm³/mol. The summed E-state index contributed by atoms with van der Waals surface area (Å²) >= 11 is 0. The van der Waals surface area contributed by atoms with Crippen LogP contribution in [0.1, 0.15) is 33.6 Å². The first kappa shape index (κ1) is 17.8. The lowest BCUT2D eigenvalue weighted by Gasteiger charge is -2.34. The molecule has 0 N–H and O–H groups in total. The van der Waals surface area contributed by atoms with E-state index in [0.717, 1.165) is 19.4 Å². The second-order valence-corrected chi connectivity index (χ2v) is 6.68. The van der Waals surface area contributed by atoms with Crippen molar-refractivity contribution in [3.63, 3.8) is 0 Å². The maximum absolute atomic E-state index is 12.0. The zero-order valence-electron chi connectivity index (χ0n) is 13.8. The second-order valence-electron chi connectivity index (χ2n) is 6.68. The quantitative estimate of drug-likeness (QED) is 0.740. The molecule has 1 amide bonds. The van der Waals surface area contributed by atoms with E-state index in [4.69, 9.17) is 4.74 Å². The molecular weight excluding hydrogens is 272 g/mol. The minimum absolute atomic E-state index is 0.219. The van der Waals surface area contributed by atoms with Crippen LogP contribution in [0.4, 0.5) is 4.79 Å². The largest absolute Gasteiger partial charge is 0.468 e. The van der Waals surface area contributed by atoms with Crippen LogP contribution >= 0.6 is 0 Å². The summed E-state index contributed by atoms with van der Waals surface area (Å²) < 4.78 is 10.0. The molecule has 0 unspecified atom stereocenters. The van der Waals surface area contributed by atoms with Crippen molar-refractivity contribution >= 4 is 12.1 Å². The van der Waals surface area contributed by atoms with Crippen LogP contribution in [0.2, 0.25) is 0 Å². The fraction of sp³-hybridized carbons (Fsp3) is 0.867. The molecule has 21 heavy (non-hydrogen) atoms. The van der Waals surface area contributed by atoms with Crippen molar-refractivity contribution in [3.8, 4) is 0 Å². The van der Waals surface area contributed by atoms with Gasteiger partial charge in [-0.15, -0.1) is 0 Å². The summed E-state index contributed by atoms with van der Waals surface area (Å²) in [5.41, 5.74) is -0.450. The lowest BCUT2D eigenvalue weighted by atomic mass is 9.96. The molecular formula is C15H28N2O4. The van der Waals surface area contributed by atoms with Gasteiger partial charge in [-0.1, -0.05) is 0 Å². The number of carbonyl (C=O) groups excluding carboxylic acids is 2. The average Bonchev–Trinajstić information content (AvgIpc) is 2.37. The highest BCUT2D eigenvalue weighted by atomic mass is 16.6. The standard InChI is InChI=1S/C15H28N2O4/c1-15(2,3)21-14(19)17-8-6-12(7-9-17)10-16(4)11-13(18)20-5/h12H,6-11H2,1-5H3. The van der Waals surface area contributed by atoms with Crippen LogP contribution in [-0.2, 0) is 14.3 Å². The minimum atomic E-state index is -0.450. The van der Waals surface area contributed by atoms with Gasteiger partial charge in [-0.3, -0.25) is 9.69 Å². The summed E-state index contributed by atoms with van der Waals surface area (Å²) in [4.78, 5) is 26.9. The van der Waals surface area contributed by atoms with Gasteiger partial charge in [-0.2, -0.15) is 0 Å². The van der Waals surface area contributed by atoms with Crippen molar-refractivity contribution in [2.75, 3.05) is 40.3 Å². The fourth-order valence-electron chi connectivity index (χ4n) is 2.41. The number of esters is 1. The van der Waals surface area contributed by atoms with E-state index in [1.54, 1.807) is 4.90 Å². The average molecular weight is 300 g/mol. The first-order valence-corrected chi connectivity index (χ1v) is 7.44. The Balaban J connectivity index is 2.32. The second kappa shape index (κ2) is 7.64. The van der Waals surface area contributed by atoms with E-state index in [9.17, 15) is 9.59 Å². The molecule has 0 aliphatic carbocycles. The number of ether oxygens (including phenoxy) is 2. The monoisotopic (exact) mass is 300 g/mol. The summed E-state index contributed by atoms with van der Waals surface area (Å²) in [5, 5.41) is 0. The third-order valence-corrected chi connectivity index (χ3v) is 3.46. The van der Waals surface area contributed by atoms with E-state index in [0.29, 0.717) is 25.6 Å². The topological polar surface area (TPSA) is 59.1 Å². The molecule has 1 rings (SSSR count). The number of rotatable bonds is 4. The van der Waals surface area contributed by atoms with Gasteiger partial charge in [0.25, 0.3) is 0 Å². The Morgan fingerprint density at radius 3 is 2.29 bits per heavy atom. The van der Waals surface area contributed by atoms with Gasteiger partial charge in [0.05, 0.1) is 13.7 Å². The van der Waals surface area contributed by atoms with E-state index in [1.165, 1.54) is 7.11 Å². The van der Waals surface area contributed by atoms with E-state index in [-0.39, 0.29) is 12.1 Å². The molecule has 1 aliphatic rings. The Morgan fingerprint density at radius 1 is 1.24 bits per heavy atom. The van der Waals surface area contributed by atoms with Crippen molar-refractivity contribution in [2.24, 2.45) is 5.92 Å². The van der Waals surface area contributed by atoms with Crippen LogP contribution in [0.25, 0.3) is 0 Å². The van der Waals surface area contributed by atoms with Gasteiger partial charge in [0.1, 0.15) is 5.60 Å². The molecule has 0 aromatic heterocycles. The lowest BCUT2D eigenvalue weighted by molar-refractivity contribution is -0.141. The molecule has 6 heteroatoms. The van der Waals surface area contributed by atoms with Gasteiger partial charge in [0.2, 0.25) is 0 Å². The van der Waals surface area contributed by atoms with Gasteiger partial charge >= 0.3 is 12.1 Å². The SMILES string of the molecule is COC(=O)CN(C)CC1CCN(C(=O)OC(C)(C)C)CC1. The summed E-state index contributed by atoms with van der Waals surface area (Å²) in [5.74, 6) is 0.280.